The Labute approximate surface area is 110 Å². The molecule has 1 aliphatic heterocycles. The average molecular weight is 257 g/mol. The molecular formula is C14H27NO3. The summed E-state index contributed by atoms with van der Waals surface area (Å²) < 4.78 is 5.30. The van der Waals surface area contributed by atoms with Gasteiger partial charge in [-0.1, -0.05) is 20.8 Å². The number of rotatable bonds is 5. The van der Waals surface area contributed by atoms with Gasteiger partial charge in [-0.3, -0.25) is 4.79 Å². The zero-order chi connectivity index (χ0) is 13.8. The lowest BCUT2D eigenvalue weighted by atomic mass is 9.86. The number of aliphatic hydroxyl groups is 1. The van der Waals surface area contributed by atoms with Crippen molar-refractivity contribution in [3.63, 3.8) is 0 Å². The summed E-state index contributed by atoms with van der Waals surface area (Å²) >= 11 is 0. The fraction of sp³-hybridized carbons (Fsp3) is 0.929. The van der Waals surface area contributed by atoms with Crippen LogP contribution in [0.25, 0.3) is 0 Å². The molecule has 0 aromatic rings. The van der Waals surface area contributed by atoms with Crippen LogP contribution in [-0.2, 0) is 9.53 Å². The molecule has 2 N–H and O–H groups in total. The van der Waals surface area contributed by atoms with E-state index in [-0.39, 0.29) is 17.7 Å². The van der Waals surface area contributed by atoms with Gasteiger partial charge in [0.2, 0.25) is 5.91 Å². The van der Waals surface area contributed by atoms with Crippen LogP contribution in [0, 0.1) is 17.8 Å². The van der Waals surface area contributed by atoms with Gasteiger partial charge in [-0.25, -0.2) is 0 Å². The fourth-order valence-corrected chi connectivity index (χ4v) is 2.06. The summed E-state index contributed by atoms with van der Waals surface area (Å²) in [7, 11) is 0. The molecule has 1 fully saturated rings. The second-order valence-corrected chi connectivity index (χ2v) is 5.97. The molecule has 1 heterocycles. The molecule has 0 saturated carbocycles. The van der Waals surface area contributed by atoms with E-state index in [0.717, 1.165) is 26.1 Å². The van der Waals surface area contributed by atoms with Crippen LogP contribution in [0.15, 0.2) is 0 Å². The van der Waals surface area contributed by atoms with Crippen molar-refractivity contribution >= 4 is 5.91 Å². The number of ether oxygens (including phenoxy) is 1. The van der Waals surface area contributed by atoms with Gasteiger partial charge in [0.1, 0.15) is 0 Å². The minimum atomic E-state index is -0.842. The van der Waals surface area contributed by atoms with E-state index in [1.807, 2.05) is 20.8 Å². The van der Waals surface area contributed by atoms with Crippen molar-refractivity contribution in [3.05, 3.63) is 0 Å². The highest BCUT2D eigenvalue weighted by atomic mass is 16.5. The molecule has 2 atom stereocenters. The Kier molecular flexibility index (Phi) is 5.60. The van der Waals surface area contributed by atoms with E-state index in [9.17, 15) is 9.90 Å². The number of carbonyl (C=O) groups is 1. The minimum Gasteiger partial charge on any atom is -0.388 e. The van der Waals surface area contributed by atoms with Gasteiger partial charge in [0.25, 0.3) is 0 Å². The number of hydrogen-bond acceptors (Lipinski definition) is 3. The largest absolute Gasteiger partial charge is 0.388 e. The van der Waals surface area contributed by atoms with E-state index >= 15 is 0 Å². The SMILES string of the molecule is CC(C(=O)NCC(C)(O)C(C)C)C1CCOCC1. The van der Waals surface area contributed by atoms with E-state index in [2.05, 4.69) is 5.32 Å². The van der Waals surface area contributed by atoms with Crippen LogP contribution in [-0.4, -0.2) is 36.4 Å². The Bertz CT molecular complexity index is 270. The van der Waals surface area contributed by atoms with Crippen LogP contribution in [0.4, 0.5) is 0 Å². The molecule has 106 valence electrons. The van der Waals surface area contributed by atoms with Gasteiger partial charge in [0.05, 0.1) is 5.60 Å². The molecule has 1 saturated heterocycles. The smallest absolute Gasteiger partial charge is 0.223 e. The fourth-order valence-electron chi connectivity index (χ4n) is 2.06. The molecule has 18 heavy (non-hydrogen) atoms. The summed E-state index contributed by atoms with van der Waals surface area (Å²) in [5.41, 5.74) is -0.842. The molecule has 0 aliphatic carbocycles. The summed E-state index contributed by atoms with van der Waals surface area (Å²) in [6.45, 7) is 9.46. The second kappa shape index (κ2) is 6.53. The molecular weight excluding hydrogens is 230 g/mol. The Balaban J connectivity index is 2.40. The molecule has 0 aromatic heterocycles. The van der Waals surface area contributed by atoms with Crippen LogP contribution >= 0.6 is 0 Å². The molecule has 0 aromatic carbocycles. The van der Waals surface area contributed by atoms with Gasteiger partial charge in [-0.15, -0.1) is 0 Å². The standard InChI is InChI=1S/C14H27NO3/c1-10(2)14(4,17)9-15-13(16)11(3)12-5-7-18-8-6-12/h10-12,17H,5-9H2,1-4H3,(H,15,16). The Hall–Kier alpha value is -0.610. The second-order valence-electron chi connectivity index (χ2n) is 5.97. The first-order valence-corrected chi connectivity index (χ1v) is 6.92. The lowest BCUT2D eigenvalue weighted by Crippen LogP contribution is -2.46. The molecule has 4 heteroatoms. The average Bonchev–Trinajstić information content (AvgIpc) is 2.36. The quantitative estimate of drug-likeness (QED) is 0.786. The first-order valence-electron chi connectivity index (χ1n) is 6.92. The third-order valence-corrected chi connectivity index (χ3v) is 4.25. The maximum atomic E-state index is 12.0. The van der Waals surface area contributed by atoms with Gasteiger partial charge >= 0.3 is 0 Å². The predicted octanol–water partition coefficient (Wildman–Crippen LogP) is 1.57. The maximum Gasteiger partial charge on any atom is 0.223 e. The van der Waals surface area contributed by atoms with E-state index in [1.165, 1.54) is 0 Å². The monoisotopic (exact) mass is 257 g/mol. The predicted molar refractivity (Wildman–Crippen MR) is 71.2 cm³/mol. The third kappa shape index (κ3) is 4.25. The van der Waals surface area contributed by atoms with E-state index < -0.39 is 5.60 Å². The van der Waals surface area contributed by atoms with E-state index in [1.54, 1.807) is 6.92 Å². The topological polar surface area (TPSA) is 58.6 Å². The van der Waals surface area contributed by atoms with Crippen LogP contribution < -0.4 is 5.32 Å². The Morgan fingerprint density at radius 2 is 1.94 bits per heavy atom. The summed E-state index contributed by atoms with van der Waals surface area (Å²) in [5, 5.41) is 13.0. The first kappa shape index (κ1) is 15.4. The van der Waals surface area contributed by atoms with Crippen LogP contribution in [0.2, 0.25) is 0 Å². The molecule has 0 bridgehead atoms. The van der Waals surface area contributed by atoms with Crippen molar-refractivity contribution in [2.45, 2.75) is 46.1 Å². The van der Waals surface area contributed by atoms with E-state index in [4.69, 9.17) is 4.74 Å². The zero-order valence-corrected chi connectivity index (χ0v) is 12.0. The normalized spacial score (nSPS) is 22.6. The highest BCUT2D eigenvalue weighted by molar-refractivity contribution is 5.78. The van der Waals surface area contributed by atoms with Gasteiger partial charge in [0, 0.05) is 25.7 Å². The summed E-state index contributed by atoms with van der Waals surface area (Å²) in [4.78, 5) is 12.0. The molecule has 1 aliphatic rings. The van der Waals surface area contributed by atoms with Crippen LogP contribution in [0.5, 0.6) is 0 Å². The molecule has 1 rings (SSSR count). The van der Waals surface area contributed by atoms with Gasteiger partial charge in [0.15, 0.2) is 0 Å². The summed E-state index contributed by atoms with van der Waals surface area (Å²) in [6.07, 6.45) is 1.91. The Morgan fingerprint density at radius 1 is 1.39 bits per heavy atom. The van der Waals surface area contributed by atoms with Gasteiger partial charge in [-0.2, -0.15) is 0 Å². The van der Waals surface area contributed by atoms with Crippen molar-refractivity contribution < 1.29 is 14.6 Å². The highest BCUT2D eigenvalue weighted by Crippen LogP contribution is 2.24. The number of carbonyl (C=O) groups excluding carboxylic acids is 1. The number of hydrogen-bond donors (Lipinski definition) is 2. The van der Waals surface area contributed by atoms with Gasteiger partial charge in [-0.05, 0) is 31.6 Å². The summed E-state index contributed by atoms with van der Waals surface area (Å²) in [6, 6.07) is 0. The maximum absolute atomic E-state index is 12.0. The van der Waals surface area contributed by atoms with Crippen molar-refractivity contribution in [3.8, 4) is 0 Å². The lowest BCUT2D eigenvalue weighted by Gasteiger charge is -2.30. The molecule has 2 unspecified atom stereocenters. The third-order valence-electron chi connectivity index (χ3n) is 4.25. The number of nitrogens with one attached hydrogen (secondary N) is 1. The molecule has 1 amide bonds. The van der Waals surface area contributed by atoms with E-state index in [0.29, 0.717) is 12.5 Å². The van der Waals surface area contributed by atoms with Gasteiger partial charge < -0.3 is 15.2 Å². The number of amides is 1. The van der Waals surface area contributed by atoms with Crippen molar-refractivity contribution in [1.82, 2.24) is 5.32 Å². The molecule has 4 nitrogen and oxygen atoms in total. The van der Waals surface area contributed by atoms with Crippen molar-refractivity contribution in [2.75, 3.05) is 19.8 Å². The minimum absolute atomic E-state index is 0.00291. The van der Waals surface area contributed by atoms with Crippen molar-refractivity contribution in [1.29, 1.82) is 0 Å². The summed E-state index contributed by atoms with van der Waals surface area (Å²) in [5.74, 6) is 0.568. The zero-order valence-electron chi connectivity index (χ0n) is 12.0. The first-order chi connectivity index (χ1) is 8.34. The molecule has 0 radical (unpaired) electrons. The highest BCUT2D eigenvalue weighted by Gasteiger charge is 2.29. The molecule has 0 spiro atoms. The van der Waals surface area contributed by atoms with Crippen molar-refractivity contribution in [2.24, 2.45) is 17.8 Å². The lowest BCUT2D eigenvalue weighted by molar-refractivity contribution is -0.128. The van der Waals surface area contributed by atoms with Crippen LogP contribution in [0.3, 0.4) is 0 Å². The Morgan fingerprint density at radius 3 is 2.44 bits per heavy atom. The van der Waals surface area contributed by atoms with Crippen LogP contribution in [0.1, 0.15) is 40.5 Å².